The van der Waals surface area contributed by atoms with Crippen molar-refractivity contribution in [1.29, 1.82) is 0 Å². The fraction of sp³-hybridized carbons (Fsp3) is 0.154. The summed E-state index contributed by atoms with van der Waals surface area (Å²) in [5.74, 6) is -0.249. The molecule has 0 saturated carbocycles. The van der Waals surface area contributed by atoms with Crippen LogP contribution >= 0.6 is 0 Å². The van der Waals surface area contributed by atoms with Gasteiger partial charge in [0.05, 0.1) is 5.69 Å². The summed E-state index contributed by atoms with van der Waals surface area (Å²) in [4.78, 5) is 4.09. The predicted molar refractivity (Wildman–Crippen MR) is 61.1 cm³/mol. The molecule has 18 heavy (non-hydrogen) atoms. The van der Waals surface area contributed by atoms with E-state index in [1.165, 1.54) is 12.1 Å². The summed E-state index contributed by atoms with van der Waals surface area (Å²) in [6, 6.07) is 9.38. The minimum Gasteiger partial charge on any atom is -0.405 e. The average Bonchev–Trinajstić information content (AvgIpc) is 2.29. The number of para-hydroxylation sites is 1. The molecule has 0 amide bonds. The molecule has 94 valence electrons. The van der Waals surface area contributed by atoms with Crippen LogP contribution in [0.25, 0.3) is 11.3 Å². The van der Waals surface area contributed by atoms with Crippen LogP contribution in [0, 0.1) is 6.92 Å². The molecule has 0 saturated heterocycles. The van der Waals surface area contributed by atoms with Crippen LogP contribution in [0.3, 0.4) is 0 Å². The van der Waals surface area contributed by atoms with Gasteiger partial charge >= 0.3 is 6.36 Å². The van der Waals surface area contributed by atoms with E-state index in [0.717, 1.165) is 5.56 Å². The molecule has 0 aliphatic heterocycles. The fourth-order valence-corrected chi connectivity index (χ4v) is 1.52. The molecule has 0 aliphatic carbocycles. The Balaban J connectivity index is 2.41. The van der Waals surface area contributed by atoms with Crippen LogP contribution in [0.1, 0.15) is 5.56 Å². The van der Waals surface area contributed by atoms with Crippen molar-refractivity contribution in [3.63, 3.8) is 0 Å². The first-order valence-electron chi connectivity index (χ1n) is 5.23. The molecule has 1 heterocycles. The molecule has 0 spiro atoms. The van der Waals surface area contributed by atoms with Crippen molar-refractivity contribution in [1.82, 2.24) is 4.98 Å². The van der Waals surface area contributed by atoms with Crippen molar-refractivity contribution in [3.8, 4) is 17.0 Å². The van der Waals surface area contributed by atoms with Crippen LogP contribution in [0.15, 0.2) is 42.6 Å². The van der Waals surface area contributed by atoms with Gasteiger partial charge in [-0.25, -0.2) is 0 Å². The number of aromatic nitrogens is 1. The normalized spacial score (nSPS) is 11.3. The molecule has 1 aromatic carbocycles. The fourth-order valence-electron chi connectivity index (χ4n) is 1.52. The second kappa shape index (κ2) is 4.68. The maximum atomic E-state index is 12.3. The van der Waals surface area contributed by atoms with Crippen LogP contribution < -0.4 is 4.74 Å². The summed E-state index contributed by atoms with van der Waals surface area (Å²) in [7, 11) is 0. The van der Waals surface area contributed by atoms with Crippen molar-refractivity contribution < 1.29 is 17.9 Å². The standard InChI is InChI=1S/C13H10F3NO/c1-9-6-7-11(17-8-9)10-4-2-3-5-12(10)18-13(14,15)16/h2-8H,1H3. The molecular weight excluding hydrogens is 243 g/mol. The molecular formula is C13H10F3NO. The number of nitrogens with zero attached hydrogens (tertiary/aromatic N) is 1. The molecule has 0 N–H and O–H groups in total. The van der Waals surface area contributed by atoms with E-state index in [1.54, 1.807) is 30.5 Å². The summed E-state index contributed by atoms with van der Waals surface area (Å²) >= 11 is 0. The molecule has 1 aromatic heterocycles. The van der Waals surface area contributed by atoms with E-state index in [2.05, 4.69) is 9.72 Å². The summed E-state index contributed by atoms with van der Waals surface area (Å²) in [5, 5.41) is 0. The summed E-state index contributed by atoms with van der Waals surface area (Å²) in [6.07, 6.45) is -3.11. The van der Waals surface area contributed by atoms with E-state index in [4.69, 9.17) is 0 Å². The van der Waals surface area contributed by atoms with Gasteiger partial charge in [-0.2, -0.15) is 0 Å². The third-order valence-corrected chi connectivity index (χ3v) is 2.30. The Morgan fingerprint density at radius 2 is 1.78 bits per heavy atom. The maximum Gasteiger partial charge on any atom is 0.573 e. The number of alkyl halides is 3. The van der Waals surface area contributed by atoms with Gasteiger partial charge in [0.15, 0.2) is 0 Å². The van der Waals surface area contributed by atoms with Crippen LogP contribution in [0.4, 0.5) is 13.2 Å². The minimum absolute atomic E-state index is 0.249. The zero-order valence-corrected chi connectivity index (χ0v) is 9.53. The predicted octanol–water partition coefficient (Wildman–Crippen LogP) is 3.96. The number of benzene rings is 1. The van der Waals surface area contributed by atoms with E-state index in [1.807, 2.05) is 6.92 Å². The van der Waals surface area contributed by atoms with Gasteiger partial charge in [0.2, 0.25) is 0 Å². The zero-order valence-electron chi connectivity index (χ0n) is 9.53. The molecule has 0 radical (unpaired) electrons. The highest BCUT2D eigenvalue weighted by Crippen LogP contribution is 2.32. The van der Waals surface area contributed by atoms with Gasteiger partial charge in [-0.05, 0) is 30.7 Å². The highest BCUT2D eigenvalue weighted by molar-refractivity contribution is 5.67. The van der Waals surface area contributed by atoms with Gasteiger partial charge in [-0.3, -0.25) is 4.98 Å². The van der Waals surface area contributed by atoms with Crippen LogP contribution in [0.2, 0.25) is 0 Å². The first-order chi connectivity index (χ1) is 8.46. The molecule has 0 fully saturated rings. The van der Waals surface area contributed by atoms with Gasteiger partial charge in [0, 0.05) is 11.8 Å². The number of halogens is 3. The van der Waals surface area contributed by atoms with Gasteiger partial charge in [-0.1, -0.05) is 18.2 Å². The molecule has 2 rings (SSSR count). The highest BCUT2D eigenvalue weighted by atomic mass is 19.4. The topological polar surface area (TPSA) is 22.1 Å². The van der Waals surface area contributed by atoms with E-state index in [0.29, 0.717) is 11.3 Å². The first kappa shape index (κ1) is 12.4. The maximum absolute atomic E-state index is 12.3. The van der Waals surface area contributed by atoms with Crippen molar-refractivity contribution in [2.75, 3.05) is 0 Å². The quantitative estimate of drug-likeness (QED) is 0.808. The third kappa shape index (κ3) is 3.00. The number of aryl methyl sites for hydroxylation is 1. The smallest absolute Gasteiger partial charge is 0.405 e. The summed E-state index contributed by atoms with van der Waals surface area (Å²) in [5.41, 5.74) is 1.70. The Morgan fingerprint density at radius 1 is 1.06 bits per heavy atom. The van der Waals surface area contributed by atoms with E-state index >= 15 is 0 Å². The Kier molecular flexibility index (Phi) is 3.23. The van der Waals surface area contributed by atoms with E-state index in [9.17, 15) is 13.2 Å². The Hall–Kier alpha value is -2.04. The second-order valence-electron chi connectivity index (χ2n) is 3.76. The Morgan fingerprint density at radius 3 is 2.39 bits per heavy atom. The number of pyridine rings is 1. The van der Waals surface area contributed by atoms with Crippen molar-refractivity contribution in [2.45, 2.75) is 13.3 Å². The molecule has 0 atom stereocenters. The Labute approximate surface area is 102 Å². The lowest BCUT2D eigenvalue weighted by Gasteiger charge is -2.12. The summed E-state index contributed by atoms with van der Waals surface area (Å²) in [6.45, 7) is 1.86. The van der Waals surface area contributed by atoms with Gasteiger partial charge in [0.1, 0.15) is 5.75 Å². The van der Waals surface area contributed by atoms with Gasteiger partial charge in [0.25, 0.3) is 0 Å². The lowest BCUT2D eigenvalue weighted by molar-refractivity contribution is -0.274. The monoisotopic (exact) mass is 253 g/mol. The molecule has 2 nitrogen and oxygen atoms in total. The average molecular weight is 253 g/mol. The molecule has 0 bridgehead atoms. The lowest BCUT2D eigenvalue weighted by Crippen LogP contribution is -2.17. The molecule has 5 heteroatoms. The number of ether oxygens (including phenoxy) is 1. The minimum atomic E-state index is -4.71. The largest absolute Gasteiger partial charge is 0.573 e. The van der Waals surface area contributed by atoms with Gasteiger partial charge in [-0.15, -0.1) is 13.2 Å². The zero-order chi connectivity index (χ0) is 13.2. The SMILES string of the molecule is Cc1ccc(-c2ccccc2OC(F)(F)F)nc1. The van der Waals surface area contributed by atoms with Crippen molar-refractivity contribution in [3.05, 3.63) is 48.2 Å². The van der Waals surface area contributed by atoms with E-state index < -0.39 is 6.36 Å². The molecule has 0 aliphatic rings. The first-order valence-corrected chi connectivity index (χ1v) is 5.23. The molecule has 2 aromatic rings. The number of hydrogen-bond donors (Lipinski definition) is 0. The number of hydrogen-bond acceptors (Lipinski definition) is 2. The van der Waals surface area contributed by atoms with Crippen LogP contribution in [-0.4, -0.2) is 11.3 Å². The van der Waals surface area contributed by atoms with Gasteiger partial charge < -0.3 is 4.74 Å². The second-order valence-corrected chi connectivity index (χ2v) is 3.76. The van der Waals surface area contributed by atoms with E-state index in [-0.39, 0.29) is 5.75 Å². The van der Waals surface area contributed by atoms with Crippen molar-refractivity contribution >= 4 is 0 Å². The summed E-state index contributed by atoms with van der Waals surface area (Å²) < 4.78 is 40.8. The van der Waals surface area contributed by atoms with Crippen molar-refractivity contribution in [2.24, 2.45) is 0 Å². The van der Waals surface area contributed by atoms with Crippen LogP contribution in [0.5, 0.6) is 5.75 Å². The Bertz CT molecular complexity index is 535. The lowest BCUT2D eigenvalue weighted by atomic mass is 10.1. The third-order valence-electron chi connectivity index (χ3n) is 2.30. The number of rotatable bonds is 2. The molecule has 0 unspecified atom stereocenters. The van der Waals surface area contributed by atoms with Crippen LogP contribution in [-0.2, 0) is 0 Å². The highest BCUT2D eigenvalue weighted by Gasteiger charge is 2.32.